The van der Waals surface area contributed by atoms with E-state index in [-0.39, 0.29) is 12.2 Å². The summed E-state index contributed by atoms with van der Waals surface area (Å²) < 4.78 is 0. The summed E-state index contributed by atoms with van der Waals surface area (Å²) >= 11 is 0. The third kappa shape index (κ3) is 4.51. The molecule has 0 saturated carbocycles. The molecule has 0 aliphatic rings. The highest BCUT2D eigenvalue weighted by Gasteiger charge is 2.14. The molecule has 0 saturated heterocycles. The number of benzene rings is 1. The van der Waals surface area contributed by atoms with Crippen LogP contribution in [0.4, 0.5) is 16.2 Å². The molecule has 3 N–H and O–H groups in total. The summed E-state index contributed by atoms with van der Waals surface area (Å²) in [5, 5.41) is 25.4. The zero-order valence-corrected chi connectivity index (χ0v) is 11.5. The van der Waals surface area contributed by atoms with Crippen LogP contribution in [0.25, 0.3) is 0 Å². The van der Waals surface area contributed by atoms with Crippen molar-refractivity contribution in [2.24, 2.45) is 0 Å². The van der Waals surface area contributed by atoms with Crippen molar-refractivity contribution in [3.8, 4) is 0 Å². The molecule has 1 aromatic rings. The van der Waals surface area contributed by atoms with Gasteiger partial charge in [0.25, 0.3) is 5.69 Å². The highest BCUT2D eigenvalue weighted by atomic mass is 16.6. The number of aliphatic hydroxyl groups is 1. The number of nitro groups is 1. The molecule has 2 amide bonds. The molecule has 7 nitrogen and oxygen atoms in total. The normalized spacial score (nSPS) is 11.8. The Kier molecular flexibility index (Phi) is 5.92. The average molecular weight is 281 g/mol. The Balaban J connectivity index is 2.62. The lowest BCUT2D eigenvalue weighted by Crippen LogP contribution is -2.35. The highest BCUT2D eigenvalue weighted by Crippen LogP contribution is 2.24. The van der Waals surface area contributed by atoms with Gasteiger partial charge in [-0.3, -0.25) is 10.1 Å². The average Bonchev–Trinajstić information content (AvgIpc) is 2.39. The molecule has 0 spiro atoms. The molecule has 0 radical (unpaired) electrons. The van der Waals surface area contributed by atoms with Crippen LogP contribution >= 0.6 is 0 Å². The number of carbonyl (C=O) groups is 1. The van der Waals surface area contributed by atoms with E-state index < -0.39 is 17.1 Å². The summed E-state index contributed by atoms with van der Waals surface area (Å²) in [6.07, 6.45) is 0.849. The molecule has 1 rings (SSSR count). The fourth-order valence-corrected chi connectivity index (χ4v) is 1.77. The number of amides is 2. The number of nitrogens with one attached hydrogen (secondary N) is 2. The lowest BCUT2D eigenvalue weighted by Gasteiger charge is -2.12. The Morgan fingerprint density at radius 3 is 2.80 bits per heavy atom. The van der Waals surface area contributed by atoms with Crippen LogP contribution < -0.4 is 10.6 Å². The van der Waals surface area contributed by atoms with Crippen molar-refractivity contribution in [2.75, 3.05) is 11.9 Å². The van der Waals surface area contributed by atoms with Crippen molar-refractivity contribution in [3.05, 3.63) is 33.9 Å². The van der Waals surface area contributed by atoms with E-state index in [1.54, 1.807) is 13.0 Å². The van der Waals surface area contributed by atoms with E-state index in [1.807, 2.05) is 6.92 Å². The maximum atomic E-state index is 11.7. The number of hydrogen-bond donors (Lipinski definition) is 3. The summed E-state index contributed by atoms with van der Waals surface area (Å²) in [5.74, 6) is 0. The van der Waals surface area contributed by atoms with Crippen LogP contribution in [-0.4, -0.2) is 28.7 Å². The Bertz CT molecular complexity index is 491. The molecule has 110 valence electrons. The van der Waals surface area contributed by atoms with Gasteiger partial charge in [-0.15, -0.1) is 0 Å². The Morgan fingerprint density at radius 2 is 2.20 bits per heavy atom. The minimum Gasteiger partial charge on any atom is -0.391 e. The number of nitro benzene ring substituents is 1. The van der Waals surface area contributed by atoms with Crippen molar-refractivity contribution in [3.63, 3.8) is 0 Å². The van der Waals surface area contributed by atoms with Crippen molar-refractivity contribution in [1.29, 1.82) is 0 Å². The largest absolute Gasteiger partial charge is 0.391 e. The molecule has 0 aliphatic heterocycles. The second-order valence-corrected chi connectivity index (χ2v) is 4.48. The van der Waals surface area contributed by atoms with Gasteiger partial charge in [-0.2, -0.15) is 0 Å². The third-order valence-corrected chi connectivity index (χ3v) is 2.87. The molecule has 0 bridgehead atoms. The monoisotopic (exact) mass is 281 g/mol. The van der Waals surface area contributed by atoms with E-state index in [1.165, 1.54) is 12.1 Å². The fourth-order valence-electron chi connectivity index (χ4n) is 1.77. The van der Waals surface area contributed by atoms with Gasteiger partial charge < -0.3 is 15.7 Å². The molecular formula is C13H19N3O4. The van der Waals surface area contributed by atoms with Crippen LogP contribution in [0.3, 0.4) is 0 Å². The first-order valence-electron chi connectivity index (χ1n) is 6.42. The molecule has 0 aliphatic carbocycles. The fraction of sp³-hybridized carbons (Fsp3) is 0.462. The zero-order chi connectivity index (χ0) is 15.1. The molecule has 0 heterocycles. The second-order valence-electron chi connectivity index (χ2n) is 4.48. The van der Waals surface area contributed by atoms with Crippen LogP contribution in [-0.2, 0) is 0 Å². The van der Waals surface area contributed by atoms with Gasteiger partial charge in [-0.05, 0) is 19.4 Å². The predicted molar refractivity (Wildman–Crippen MR) is 75.8 cm³/mol. The highest BCUT2D eigenvalue weighted by molar-refractivity contribution is 5.90. The third-order valence-electron chi connectivity index (χ3n) is 2.87. The first-order valence-corrected chi connectivity index (χ1v) is 6.42. The number of urea groups is 1. The molecule has 1 aromatic carbocycles. The maximum absolute atomic E-state index is 11.7. The maximum Gasteiger partial charge on any atom is 0.319 e. The van der Waals surface area contributed by atoms with Crippen LogP contribution in [0.2, 0.25) is 0 Å². The molecule has 1 atom stereocenters. The number of anilines is 1. The molecular weight excluding hydrogens is 262 g/mol. The number of hydrogen-bond acceptors (Lipinski definition) is 4. The van der Waals surface area contributed by atoms with Crippen molar-refractivity contribution < 1.29 is 14.8 Å². The molecule has 20 heavy (non-hydrogen) atoms. The van der Waals surface area contributed by atoms with Gasteiger partial charge in [0.1, 0.15) is 0 Å². The standard InChI is InChI=1S/C13H19N3O4/c1-3-5-10(17)8-14-13(18)15-11-6-4-7-12(9(11)2)16(19)20/h4,6-7,10,17H,3,5,8H2,1-2H3,(H2,14,15,18). The smallest absolute Gasteiger partial charge is 0.319 e. The van der Waals surface area contributed by atoms with E-state index in [4.69, 9.17) is 0 Å². The summed E-state index contributed by atoms with van der Waals surface area (Å²) in [5.41, 5.74) is 0.720. The van der Waals surface area contributed by atoms with E-state index >= 15 is 0 Å². The lowest BCUT2D eigenvalue weighted by molar-refractivity contribution is -0.385. The van der Waals surface area contributed by atoms with Gasteiger partial charge in [0.05, 0.1) is 22.3 Å². The van der Waals surface area contributed by atoms with Crippen LogP contribution in [0, 0.1) is 17.0 Å². The number of nitrogens with zero attached hydrogens (tertiary/aromatic N) is 1. The molecule has 0 fully saturated rings. The second kappa shape index (κ2) is 7.44. The van der Waals surface area contributed by atoms with E-state index in [0.717, 1.165) is 6.42 Å². The van der Waals surface area contributed by atoms with Gasteiger partial charge >= 0.3 is 6.03 Å². The van der Waals surface area contributed by atoms with Crippen molar-refractivity contribution >= 4 is 17.4 Å². The minimum absolute atomic E-state index is 0.0474. The van der Waals surface area contributed by atoms with Crippen LogP contribution in [0.1, 0.15) is 25.3 Å². The predicted octanol–water partition coefficient (Wildman–Crippen LogP) is 2.19. The van der Waals surface area contributed by atoms with E-state index in [0.29, 0.717) is 17.7 Å². The topological polar surface area (TPSA) is 104 Å². The summed E-state index contributed by atoms with van der Waals surface area (Å²) in [6, 6.07) is 3.98. The summed E-state index contributed by atoms with van der Waals surface area (Å²) in [4.78, 5) is 21.9. The molecule has 7 heteroatoms. The summed E-state index contributed by atoms with van der Waals surface area (Å²) in [6.45, 7) is 3.66. The number of aliphatic hydroxyl groups excluding tert-OH is 1. The van der Waals surface area contributed by atoms with E-state index in [2.05, 4.69) is 10.6 Å². The zero-order valence-electron chi connectivity index (χ0n) is 11.5. The Labute approximate surface area is 117 Å². The summed E-state index contributed by atoms with van der Waals surface area (Å²) in [7, 11) is 0. The van der Waals surface area contributed by atoms with Gasteiger partial charge in [0.15, 0.2) is 0 Å². The first kappa shape index (κ1) is 15.9. The Morgan fingerprint density at radius 1 is 1.50 bits per heavy atom. The van der Waals surface area contributed by atoms with Gasteiger partial charge in [0, 0.05) is 12.6 Å². The number of carbonyl (C=O) groups excluding carboxylic acids is 1. The van der Waals surface area contributed by atoms with Crippen LogP contribution in [0.15, 0.2) is 18.2 Å². The molecule has 1 unspecified atom stereocenters. The first-order chi connectivity index (χ1) is 9.45. The Hall–Kier alpha value is -2.15. The molecule has 0 aromatic heterocycles. The lowest BCUT2D eigenvalue weighted by atomic mass is 10.1. The number of rotatable bonds is 6. The minimum atomic E-state index is -0.586. The van der Waals surface area contributed by atoms with Gasteiger partial charge in [0.2, 0.25) is 0 Å². The SMILES string of the molecule is CCCC(O)CNC(=O)Nc1cccc([N+](=O)[O-])c1C. The van der Waals surface area contributed by atoms with Crippen molar-refractivity contribution in [1.82, 2.24) is 5.32 Å². The van der Waals surface area contributed by atoms with Gasteiger partial charge in [-0.25, -0.2) is 4.79 Å². The van der Waals surface area contributed by atoms with E-state index in [9.17, 15) is 20.0 Å². The van der Waals surface area contributed by atoms with Crippen LogP contribution in [0.5, 0.6) is 0 Å². The van der Waals surface area contributed by atoms with Gasteiger partial charge in [-0.1, -0.05) is 19.4 Å². The quantitative estimate of drug-likeness (QED) is 0.549. The van der Waals surface area contributed by atoms with Crippen molar-refractivity contribution in [2.45, 2.75) is 32.8 Å².